The molecule has 1 heterocycles. The molecule has 0 amide bonds. The van der Waals surface area contributed by atoms with E-state index in [9.17, 15) is 9.59 Å². The van der Waals surface area contributed by atoms with Crippen LogP contribution in [-0.4, -0.2) is 40.2 Å². The van der Waals surface area contributed by atoms with Gasteiger partial charge in [-0.15, -0.1) is 0 Å². The molecule has 8 nitrogen and oxygen atoms in total. The van der Waals surface area contributed by atoms with Gasteiger partial charge in [-0.3, -0.25) is 4.79 Å². The third kappa shape index (κ3) is 4.70. The molecule has 0 aliphatic carbocycles. The fourth-order valence-electron chi connectivity index (χ4n) is 3.85. The molecule has 1 aliphatic rings. The van der Waals surface area contributed by atoms with E-state index in [1.165, 1.54) is 28.4 Å². The van der Waals surface area contributed by atoms with E-state index in [0.717, 1.165) is 5.56 Å². The summed E-state index contributed by atoms with van der Waals surface area (Å²) in [7, 11) is 5.95. The van der Waals surface area contributed by atoms with Crippen LogP contribution in [0.2, 0.25) is 0 Å². The van der Waals surface area contributed by atoms with Crippen molar-refractivity contribution in [3.05, 3.63) is 82.1 Å². The summed E-state index contributed by atoms with van der Waals surface area (Å²) in [5.74, 6) is 2.08. The van der Waals surface area contributed by atoms with Gasteiger partial charge in [0.1, 0.15) is 23.9 Å². The van der Waals surface area contributed by atoms with E-state index in [1.54, 1.807) is 54.6 Å². The van der Waals surface area contributed by atoms with E-state index in [2.05, 4.69) is 0 Å². The quantitative estimate of drug-likeness (QED) is 0.322. The lowest BCUT2D eigenvalue weighted by Gasteiger charge is -2.13. The van der Waals surface area contributed by atoms with Gasteiger partial charge in [-0.1, -0.05) is 12.1 Å². The number of carbonyl (C=O) groups excluding carboxylic acids is 2. The molecule has 4 rings (SSSR count). The highest BCUT2D eigenvalue weighted by Crippen LogP contribution is 2.41. The molecule has 0 atom stereocenters. The number of carbonyl (C=O) groups is 2. The lowest BCUT2D eigenvalue weighted by Crippen LogP contribution is -2.02. The molecular formula is C28H26O8. The summed E-state index contributed by atoms with van der Waals surface area (Å²) < 4.78 is 32.8. The summed E-state index contributed by atoms with van der Waals surface area (Å²) >= 11 is 0. The van der Waals surface area contributed by atoms with Crippen LogP contribution in [0.3, 0.4) is 0 Å². The maximum atomic E-state index is 13.1. The number of rotatable bonds is 8. The van der Waals surface area contributed by atoms with E-state index in [-0.39, 0.29) is 18.1 Å². The Balaban J connectivity index is 1.56. The van der Waals surface area contributed by atoms with Crippen LogP contribution in [0.25, 0.3) is 6.08 Å². The molecule has 3 aromatic carbocycles. The zero-order valence-electron chi connectivity index (χ0n) is 20.7. The Kier molecular flexibility index (Phi) is 7.15. The number of Topliss-reactive ketones (excluding diaryl/α,β-unsaturated/α-hetero) is 1. The van der Waals surface area contributed by atoms with Gasteiger partial charge >= 0.3 is 5.97 Å². The Morgan fingerprint density at radius 2 is 1.53 bits per heavy atom. The van der Waals surface area contributed by atoms with E-state index < -0.39 is 5.97 Å². The van der Waals surface area contributed by atoms with Gasteiger partial charge in [-0.2, -0.15) is 0 Å². The van der Waals surface area contributed by atoms with Crippen molar-refractivity contribution in [2.24, 2.45) is 0 Å². The van der Waals surface area contributed by atoms with Gasteiger partial charge < -0.3 is 28.4 Å². The van der Waals surface area contributed by atoms with Crippen molar-refractivity contribution in [1.29, 1.82) is 0 Å². The van der Waals surface area contributed by atoms with Crippen molar-refractivity contribution in [2.75, 3.05) is 28.4 Å². The average Bonchev–Trinajstić information content (AvgIpc) is 3.23. The Morgan fingerprint density at radius 1 is 0.861 bits per heavy atom. The first kappa shape index (κ1) is 24.7. The molecule has 0 N–H and O–H groups in total. The van der Waals surface area contributed by atoms with Crippen molar-refractivity contribution >= 4 is 17.8 Å². The molecular weight excluding hydrogens is 464 g/mol. The fraction of sp³-hybridized carbons (Fsp3) is 0.214. The molecule has 0 aromatic heterocycles. The van der Waals surface area contributed by atoms with E-state index in [1.807, 2.05) is 6.92 Å². The highest BCUT2D eigenvalue weighted by Gasteiger charge is 2.30. The zero-order chi connectivity index (χ0) is 25.8. The number of benzene rings is 3. The van der Waals surface area contributed by atoms with Crippen molar-refractivity contribution in [3.63, 3.8) is 0 Å². The summed E-state index contributed by atoms with van der Waals surface area (Å²) in [6.45, 7) is 2.11. The van der Waals surface area contributed by atoms with Crippen LogP contribution in [0.1, 0.15) is 37.4 Å². The monoisotopic (exact) mass is 490 g/mol. The smallest absolute Gasteiger partial charge is 0.337 e. The minimum atomic E-state index is -0.395. The minimum absolute atomic E-state index is 0.161. The van der Waals surface area contributed by atoms with Crippen molar-refractivity contribution in [1.82, 2.24) is 0 Å². The highest BCUT2D eigenvalue weighted by molar-refractivity contribution is 6.15. The molecule has 0 fully saturated rings. The maximum absolute atomic E-state index is 13.1. The Labute approximate surface area is 209 Å². The van der Waals surface area contributed by atoms with Crippen LogP contribution in [0.5, 0.6) is 28.7 Å². The predicted octanol–water partition coefficient (Wildman–Crippen LogP) is 5.00. The third-order valence-corrected chi connectivity index (χ3v) is 5.83. The van der Waals surface area contributed by atoms with Crippen LogP contribution in [-0.2, 0) is 11.3 Å². The fourth-order valence-corrected chi connectivity index (χ4v) is 3.85. The van der Waals surface area contributed by atoms with Gasteiger partial charge in [-0.25, -0.2) is 4.79 Å². The largest absolute Gasteiger partial charge is 0.496 e. The first-order valence-corrected chi connectivity index (χ1v) is 11.1. The van der Waals surface area contributed by atoms with Gasteiger partial charge in [0.25, 0.3) is 0 Å². The van der Waals surface area contributed by atoms with Crippen molar-refractivity contribution in [2.45, 2.75) is 13.5 Å². The van der Waals surface area contributed by atoms with Crippen LogP contribution < -0.4 is 23.7 Å². The number of methoxy groups -OCH3 is 4. The predicted molar refractivity (Wildman–Crippen MR) is 132 cm³/mol. The molecule has 0 unspecified atom stereocenters. The number of ketones is 1. The summed E-state index contributed by atoms with van der Waals surface area (Å²) in [5, 5.41) is 0. The normalized spacial score (nSPS) is 13.1. The average molecular weight is 491 g/mol. The number of ether oxygens (including phenoxy) is 6. The summed E-state index contributed by atoms with van der Waals surface area (Å²) in [6, 6.07) is 13.8. The molecule has 3 aromatic rings. The van der Waals surface area contributed by atoms with Gasteiger partial charge in [0.15, 0.2) is 17.3 Å². The molecule has 8 heteroatoms. The van der Waals surface area contributed by atoms with Crippen LogP contribution in [0.4, 0.5) is 0 Å². The number of hydrogen-bond donors (Lipinski definition) is 0. The Bertz CT molecular complexity index is 1340. The molecule has 0 radical (unpaired) electrons. The summed E-state index contributed by atoms with van der Waals surface area (Å²) in [4.78, 5) is 24.7. The second-order valence-corrected chi connectivity index (χ2v) is 7.93. The van der Waals surface area contributed by atoms with E-state index in [0.29, 0.717) is 51.0 Å². The lowest BCUT2D eigenvalue weighted by atomic mass is 10.1. The Morgan fingerprint density at radius 3 is 2.17 bits per heavy atom. The number of esters is 1. The third-order valence-electron chi connectivity index (χ3n) is 5.83. The Hall–Kier alpha value is -4.46. The number of fused-ring (bicyclic) bond motifs is 1. The highest BCUT2D eigenvalue weighted by atomic mass is 16.5. The minimum Gasteiger partial charge on any atom is -0.496 e. The van der Waals surface area contributed by atoms with Gasteiger partial charge in [0.2, 0.25) is 5.78 Å². The van der Waals surface area contributed by atoms with Crippen LogP contribution in [0, 0.1) is 6.92 Å². The second-order valence-electron chi connectivity index (χ2n) is 7.93. The van der Waals surface area contributed by atoms with Crippen LogP contribution >= 0.6 is 0 Å². The van der Waals surface area contributed by atoms with E-state index in [4.69, 9.17) is 28.4 Å². The lowest BCUT2D eigenvalue weighted by molar-refractivity contribution is 0.0600. The SMILES string of the molecule is COC(=O)c1ccc(COc2ccc3c(c2C)O/C(=C\c2cc(OC)c(OC)cc2OC)C3=O)cc1. The van der Waals surface area contributed by atoms with Gasteiger partial charge in [-0.05, 0) is 48.9 Å². The topological polar surface area (TPSA) is 89.5 Å². The zero-order valence-corrected chi connectivity index (χ0v) is 20.7. The molecule has 0 bridgehead atoms. The molecule has 0 saturated carbocycles. The standard InChI is InChI=1S/C28H26O8/c1-16-21(35-15-17-6-8-18(9-7-17)28(30)34-5)11-10-20-26(29)25(36-27(16)20)13-19-12-23(32-3)24(33-4)14-22(19)31-2/h6-14H,15H2,1-5H3/b25-13-. The van der Waals surface area contributed by atoms with Crippen molar-refractivity contribution in [3.8, 4) is 28.7 Å². The molecule has 36 heavy (non-hydrogen) atoms. The summed E-state index contributed by atoms with van der Waals surface area (Å²) in [6.07, 6.45) is 1.62. The van der Waals surface area contributed by atoms with Crippen molar-refractivity contribution < 1.29 is 38.0 Å². The molecule has 0 saturated heterocycles. The van der Waals surface area contributed by atoms with Gasteiger partial charge in [0.05, 0.1) is 39.6 Å². The number of hydrogen-bond acceptors (Lipinski definition) is 8. The van der Waals surface area contributed by atoms with Crippen LogP contribution in [0.15, 0.2) is 54.3 Å². The first-order chi connectivity index (χ1) is 17.4. The number of allylic oxidation sites excluding steroid dienone is 1. The maximum Gasteiger partial charge on any atom is 0.337 e. The van der Waals surface area contributed by atoms with Gasteiger partial charge in [0, 0.05) is 17.2 Å². The molecule has 0 spiro atoms. The summed E-state index contributed by atoms with van der Waals surface area (Å²) in [5.41, 5.74) is 3.10. The second kappa shape index (κ2) is 10.4. The van der Waals surface area contributed by atoms with E-state index >= 15 is 0 Å². The molecule has 1 aliphatic heterocycles. The first-order valence-electron chi connectivity index (χ1n) is 11.1. The molecule has 186 valence electrons.